The number of aromatic nitrogens is 2. The van der Waals surface area contributed by atoms with E-state index in [0.717, 1.165) is 32.1 Å². The standard InChI is InChI=1S/C14H21N5O2S/c15-9-13-10-16-19(11-13)14-5-8-18(12-14)22(20,21)17-6-3-1-2-4-7-17/h10-11,14H,1-8,12H2. The molecule has 2 fully saturated rings. The fourth-order valence-electron chi connectivity index (χ4n) is 3.17. The van der Waals surface area contributed by atoms with Crippen molar-refractivity contribution in [1.82, 2.24) is 18.4 Å². The predicted octanol–water partition coefficient (Wildman–Crippen LogP) is 1.12. The van der Waals surface area contributed by atoms with E-state index in [4.69, 9.17) is 5.26 Å². The van der Waals surface area contributed by atoms with Crippen molar-refractivity contribution in [3.63, 3.8) is 0 Å². The van der Waals surface area contributed by atoms with E-state index in [2.05, 4.69) is 5.10 Å². The van der Waals surface area contributed by atoms with Gasteiger partial charge in [-0.05, 0) is 19.3 Å². The lowest BCUT2D eigenvalue weighted by Crippen LogP contribution is -2.43. The van der Waals surface area contributed by atoms with Crippen LogP contribution in [0.2, 0.25) is 0 Å². The Labute approximate surface area is 131 Å². The van der Waals surface area contributed by atoms with Gasteiger partial charge in [-0.1, -0.05) is 12.8 Å². The van der Waals surface area contributed by atoms with Crippen molar-refractivity contribution in [2.24, 2.45) is 0 Å². The third-order valence-electron chi connectivity index (χ3n) is 4.45. The molecule has 0 N–H and O–H groups in total. The van der Waals surface area contributed by atoms with E-state index in [-0.39, 0.29) is 6.04 Å². The summed E-state index contributed by atoms with van der Waals surface area (Å²) in [5, 5.41) is 13.0. The molecule has 0 aromatic carbocycles. The van der Waals surface area contributed by atoms with Crippen LogP contribution in [0.15, 0.2) is 12.4 Å². The summed E-state index contributed by atoms with van der Waals surface area (Å²) in [5.74, 6) is 0. The van der Waals surface area contributed by atoms with Gasteiger partial charge in [-0.2, -0.15) is 27.4 Å². The smallest absolute Gasteiger partial charge is 0.267 e. The summed E-state index contributed by atoms with van der Waals surface area (Å²) in [5.41, 5.74) is 0.508. The number of rotatable bonds is 3. The van der Waals surface area contributed by atoms with Crippen LogP contribution in [0, 0.1) is 11.3 Å². The molecule has 1 atom stereocenters. The Bertz CT molecular complexity index is 655. The van der Waals surface area contributed by atoms with Gasteiger partial charge < -0.3 is 0 Å². The minimum absolute atomic E-state index is 0.0175. The summed E-state index contributed by atoms with van der Waals surface area (Å²) < 4.78 is 30.4. The first-order valence-corrected chi connectivity index (χ1v) is 9.20. The van der Waals surface area contributed by atoms with Gasteiger partial charge in [-0.25, -0.2) is 0 Å². The normalized spacial score (nSPS) is 25.0. The summed E-state index contributed by atoms with van der Waals surface area (Å²) >= 11 is 0. The van der Waals surface area contributed by atoms with Crippen LogP contribution in [0.5, 0.6) is 0 Å². The van der Waals surface area contributed by atoms with Crippen LogP contribution in [-0.2, 0) is 10.2 Å². The lowest BCUT2D eigenvalue weighted by Gasteiger charge is -2.26. The molecule has 0 radical (unpaired) electrons. The Morgan fingerprint density at radius 3 is 2.50 bits per heavy atom. The van der Waals surface area contributed by atoms with Crippen molar-refractivity contribution in [3.8, 4) is 6.07 Å². The van der Waals surface area contributed by atoms with Gasteiger partial charge in [0.2, 0.25) is 0 Å². The lowest BCUT2D eigenvalue weighted by molar-refractivity contribution is 0.358. The van der Waals surface area contributed by atoms with E-state index in [1.165, 1.54) is 6.20 Å². The molecular formula is C14H21N5O2S. The second kappa shape index (κ2) is 6.36. The van der Waals surface area contributed by atoms with E-state index < -0.39 is 10.2 Å². The molecule has 1 unspecified atom stereocenters. The Hall–Kier alpha value is -1.43. The molecule has 1 aromatic heterocycles. The van der Waals surface area contributed by atoms with E-state index in [0.29, 0.717) is 31.7 Å². The minimum Gasteiger partial charge on any atom is -0.267 e. The molecule has 7 nitrogen and oxygen atoms in total. The number of nitriles is 1. The summed E-state index contributed by atoms with van der Waals surface area (Å²) in [6.45, 7) is 2.21. The van der Waals surface area contributed by atoms with E-state index in [1.54, 1.807) is 19.5 Å². The summed E-state index contributed by atoms with van der Waals surface area (Å²) in [4.78, 5) is 0. The second-order valence-electron chi connectivity index (χ2n) is 5.94. The maximum atomic E-state index is 12.7. The third kappa shape index (κ3) is 3.02. The van der Waals surface area contributed by atoms with Crippen LogP contribution in [0.25, 0.3) is 0 Å². The summed E-state index contributed by atoms with van der Waals surface area (Å²) in [6, 6.07) is 2.06. The quantitative estimate of drug-likeness (QED) is 0.834. The molecule has 3 rings (SSSR count). The zero-order valence-electron chi connectivity index (χ0n) is 12.6. The van der Waals surface area contributed by atoms with Crippen LogP contribution in [0.3, 0.4) is 0 Å². The van der Waals surface area contributed by atoms with Crippen molar-refractivity contribution < 1.29 is 8.42 Å². The highest BCUT2D eigenvalue weighted by molar-refractivity contribution is 7.86. The molecule has 0 bridgehead atoms. The molecule has 120 valence electrons. The maximum absolute atomic E-state index is 12.7. The van der Waals surface area contributed by atoms with Crippen molar-refractivity contribution in [1.29, 1.82) is 5.26 Å². The van der Waals surface area contributed by atoms with Gasteiger partial charge in [0.25, 0.3) is 10.2 Å². The zero-order chi connectivity index (χ0) is 15.6. The van der Waals surface area contributed by atoms with Crippen LogP contribution in [-0.4, -0.2) is 53.0 Å². The van der Waals surface area contributed by atoms with Gasteiger partial charge in [-0.15, -0.1) is 0 Å². The van der Waals surface area contributed by atoms with Crippen molar-refractivity contribution >= 4 is 10.2 Å². The highest BCUT2D eigenvalue weighted by Gasteiger charge is 2.36. The molecule has 22 heavy (non-hydrogen) atoms. The first-order valence-electron chi connectivity index (χ1n) is 7.81. The average Bonchev–Trinajstić information content (AvgIpc) is 3.10. The molecule has 2 aliphatic rings. The van der Waals surface area contributed by atoms with Gasteiger partial charge in [0, 0.05) is 32.4 Å². The van der Waals surface area contributed by atoms with E-state index in [9.17, 15) is 8.42 Å². The Kier molecular flexibility index (Phi) is 4.47. The molecule has 3 heterocycles. The fraction of sp³-hybridized carbons (Fsp3) is 0.714. The number of nitrogens with zero attached hydrogens (tertiary/aromatic N) is 5. The highest BCUT2D eigenvalue weighted by atomic mass is 32.2. The summed E-state index contributed by atoms with van der Waals surface area (Å²) in [7, 11) is -3.36. The minimum atomic E-state index is -3.36. The summed E-state index contributed by atoms with van der Waals surface area (Å²) in [6.07, 6.45) is 8.05. The van der Waals surface area contributed by atoms with Crippen molar-refractivity contribution in [2.45, 2.75) is 38.1 Å². The Morgan fingerprint density at radius 1 is 1.14 bits per heavy atom. The van der Waals surface area contributed by atoms with Gasteiger partial charge in [0.1, 0.15) is 6.07 Å². The van der Waals surface area contributed by atoms with Crippen molar-refractivity contribution in [3.05, 3.63) is 18.0 Å². The monoisotopic (exact) mass is 323 g/mol. The van der Waals surface area contributed by atoms with Crippen LogP contribution in [0.4, 0.5) is 0 Å². The number of hydrogen-bond donors (Lipinski definition) is 0. The highest BCUT2D eigenvalue weighted by Crippen LogP contribution is 2.26. The third-order valence-corrected chi connectivity index (χ3v) is 6.45. The first kappa shape index (κ1) is 15.5. The second-order valence-corrected chi connectivity index (χ2v) is 7.87. The molecule has 0 spiro atoms. The Balaban J connectivity index is 1.69. The van der Waals surface area contributed by atoms with Gasteiger partial charge >= 0.3 is 0 Å². The first-order chi connectivity index (χ1) is 10.6. The molecule has 0 amide bonds. The molecular weight excluding hydrogens is 302 g/mol. The predicted molar refractivity (Wildman–Crippen MR) is 81.1 cm³/mol. The molecule has 1 aromatic rings. The fourth-order valence-corrected chi connectivity index (χ4v) is 4.91. The number of hydrogen-bond acceptors (Lipinski definition) is 4. The van der Waals surface area contributed by atoms with Gasteiger partial charge in [0.15, 0.2) is 0 Å². The lowest BCUT2D eigenvalue weighted by atomic mass is 10.2. The zero-order valence-corrected chi connectivity index (χ0v) is 13.4. The van der Waals surface area contributed by atoms with Gasteiger partial charge in [-0.3, -0.25) is 4.68 Å². The Morgan fingerprint density at radius 2 is 1.86 bits per heavy atom. The van der Waals surface area contributed by atoms with E-state index in [1.807, 2.05) is 6.07 Å². The molecule has 2 aliphatic heterocycles. The topological polar surface area (TPSA) is 82.2 Å². The molecule has 0 saturated carbocycles. The largest absolute Gasteiger partial charge is 0.282 e. The molecule has 8 heteroatoms. The molecule has 2 saturated heterocycles. The van der Waals surface area contributed by atoms with Crippen molar-refractivity contribution in [2.75, 3.05) is 26.2 Å². The van der Waals surface area contributed by atoms with Crippen LogP contribution >= 0.6 is 0 Å². The average molecular weight is 323 g/mol. The maximum Gasteiger partial charge on any atom is 0.282 e. The van der Waals surface area contributed by atoms with Crippen LogP contribution < -0.4 is 0 Å². The van der Waals surface area contributed by atoms with Crippen LogP contribution in [0.1, 0.15) is 43.7 Å². The van der Waals surface area contributed by atoms with Gasteiger partial charge in [0.05, 0.1) is 17.8 Å². The molecule has 0 aliphatic carbocycles. The SMILES string of the molecule is N#Cc1cnn(C2CCN(S(=O)(=O)N3CCCCCC3)C2)c1. The van der Waals surface area contributed by atoms with E-state index >= 15 is 0 Å².